The fourth-order valence-corrected chi connectivity index (χ4v) is 2.73. The molecule has 0 radical (unpaired) electrons. The minimum absolute atomic E-state index is 0.177. The quantitative estimate of drug-likeness (QED) is 0.560. The van der Waals surface area contributed by atoms with E-state index in [1.54, 1.807) is 26.0 Å². The molecule has 0 saturated carbocycles. The Kier molecular flexibility index (Phi) is 5.43. The number of nitrogens with one attached hydrogen (secondary N) is 2. The molecule has 0 aliphatic heterocycles. The largest absolute Gasteiger partial charge is 0.388 e. The van der Waals surface area contributed by atoms with Crippen LogP contribution in [0, 0.1) is 10.1 Å². The predicted molar refractivity (Wildman–Crippen MR) is 76.4 cm³/mol. The number of anilines is 1. The van der Waals surface area contributed by atoms with Crippen LogP contribution < -0.4 is 10.0 Å². The molecule has 20 heavy (non-hydrogen) atoms. The molecule has 0 unspecified atom stereocenters. The monoisotopic (exact) mass is 302 g/mol. The second kappa shape index (κ2) is 6.64. The predicted octanol–water partition coefficient (Wildman–Crippen LogP) is 0.476. The van der Waals surface area contributed by atoms with E-state index in [1.165, 1.54) is 18.2 Å². The van der Waals surface area contributed by atoms with E-state index in [9.17, 15) is 18.5 Å². The van der Waals surface area contributed by atoms with Crippen LogP contribution in [0.1, 0.15) is 0 Å². The average Bonchev–Trinajstić information content (AvgIpc) is 2.37. The highest BCUT2D eigenvalue weighted by molar-refractivity contribution is 7.89. The SMILES string of the molecule is CNc1ccc([N+](=O)[O-])c(S(=O)(=O)NCCN(C)C)c1. The molecule has 0 bridgehead atoms. The Bertz CT molecular complexity index is 586. The maximum atomic E-state index is 12.1. The number of nitro groups is 1. The number of likely N-dealkylation sites (N-methyl/N-ethyl adjacent to an activating group) is 1. The van der Waals surface area contributed by atoms with Crippen LogP contribution in [-0.4, -0.2) is 52.5 Å². The van der Waals surface area contributed by atoms with E-state index in [-0.39, 0.29) is 11.4 Å². The van der Waals surface area contributed by atoms with Gasteiger partial charge in [0.25, 0.3) is 5.69 Å². The van der Waals surface area contributed by atoms with Crippen LogP contribution in [0.5, 0.6) is 0 Å². The molecular formula is C11H18N4O4S. The van der Waals surface area contributed by atoms with Gasteiger partial charge in [-0.15, -0.1) is 0 Å². The molecule has 0 spiro atoms. The Balaban J connectivity index is 3.11. The van der Waals surface area contributed by atoms with Crippen LogP contribution in [0.2, 0.25) is 0 Å². The number of sulfonamides is 1. The van der Waals surface area contributed by atoms with Gasteiger partial charge in [0.2, 0.25) is 10.0 Å². The minimum Gasteiger partial charge on any atom is -0.388 e. The smallest absolute Gasteiger partial charge is 0.289 e. The fourth-order valence-electron chi connectivity index (χ4n) is 1.52. The van der Waals surface area contributed by atoms with E-state index >= 15 is 0 Å². The summed E-state index contributed by atoms with van der Waals surface area (Å²) in [5.41, 5.74) is 0.0462. The summed E-state index contributed by atoms with van der Waals surface area (Å²) in [6.07, 6.45) is 0. The Hall–Kier alpha value is -1.71. The maximum absolute atomic E-state index is 12.1. The number of hydrogen-bond donors (Lipinski definition) is 2. The van der Waals surface area contributed by atoms with Gasteiger partial charge < -0.3 is 10.2 Å². The molecule has 1 rings (SSSR count). The van der Waals surface area contributed by atoms with Gasteiger partial charge in [0.1, 0.15) is 0 Å². The Morgan fingerprint density at radius 3 is 2.50 bits per heavy atom. The standard InChI is InChI=1S/C11H18N4O4S/c1-12-9-4-5-10(15(16)17)11(8-9)20(18,19)13-6-7-14(2)3/h4-5,8,12-13H,6-7H2,1-3H3. The lowest BCUT2D eigenvalue weighted by Crippen LogP contribution is -2.31. The van der Waals surface area contributed by atoms with Crippen molar-refractivity contribution in [3.05, 3.63) is 28.3 Å². The molecule has 0 heterocycles. The molecule has 0 fully saturated rings. The van der Waals surface area contributed by atoms with Gasteiger partial charge in [-0.1, -0.05) is 0 Å². The first-order chi connectivity index (χ1) is 9.27. The van der Waals surface area contributed by atoms with Crippen LogP contribution >= 0.6 is 0 Å². The first kappa shape index (κ1) is 16.3. The third-order valence-corrected chi connectivity index (χ3v) is 4.08. The van der Waals surface area contributed by atoms with Crippen molar-refractivity contribution in [2.45, 2.75) is 4.90 Å². The average molecular weight is 302 g/mol. The van der Waals surface area contributed by atoms with Crippen LogP contribution in [0.4, 0.5) is 11.4 Å². The zero-order valence-electron chi connectivity index (χ0n) is 11.6. The summed E-state index contributed by atoms with van der Waals surface area (Å²) in [7, 11) is 1.29. The highest BCUT2D eigenvalue weighted by Gasteiger charge is 2.25. The van der Waals surface area contributed by atoms with Crippen molar-refractivity contribution in [2.75, 3.05) is 39.5 Å². The van der Waals surface area contributed by atoms with E-state index < -0.39 is 20.6 Å². The zero-order valence-corrected chi connectivity index (χ0v) is 12.4. The molecule has 0 atom stereocenters. The van der Waals surface area contributed by atoms with Gasteiger partial charge in [0.15, 0.2) is 4.90 Å². The molecule has 0 aliphatic carbocycles. The molecule has 1 aromatic rings. The minimum atomic E-state index is -3.92. The van der Waals surface area contributed by atoms with E-state index in [0.717, 1.165) is 0 Å². The fraction of sp³-hybridized carbons (Fsp3) is 0.455. The summed E-state index contributed by atoms with van der Waals surface area (Å²) < 4.78 is 26.6. The molecule has 0 aromatic heterocycles. The molecule has 2 N–H and O–H groups in total. The second-order valence-corrected chi connectivity index (χ2v) is 6.13. The topological polar surface area (TPSA) is 105 Å². The van der Waals surface area contributed by atoms with Crippen LogP contribution in [-0.2, 0) is 10.0 Å². The van der Waals surface area contributed by atoms with Crippen LogP contribution in [0.3, 0.4) is 0 Å². The van der Waals surface area contributed by atoms with Gasteiger partial charge in [-0.2, -0.15) is 0 Å². The summed E-state index contributed by atoms with van der Waals surface area (Å²) in [5.74, 6) is 0. The van der Waals surface area contributed by atoms with Crippen molar-refractivity contribution in [2.24, 2.45) is 0 Å². The summed E-state index contributed by atoms with van der Waals surface area (Å²) in [5, 5.41) is 13.7. The highest BCUT2D eigenvalue weighted by atomic mass is 32.2. The molecule has 112 valence electrons. The number of nitrogens with zero attached hydrogens (tertiary/aromatic N) is 2. The number of hydrogen-bond acceptors (Lipinski definition) is 6. The molecule has 8 nitrogen and oxygen atoms in total. The first-order valence-corrected chi connectivity index (χ1v) is 7.37. The molecule has 9 heteroatoms. The van der Waals surface area contributed by atoms with Crippen molar-refractivity contribution >= 4 is 21.4 Å². The normalized spacial score (nSPS) is 11.6. The van der Waals surface area contributed by atoms with Crippen molar-refractivity contribution in [3.8, 4) is 0 Å². The summed E-state index contributed by atoms with van der Waals surface area (Å²) >= 11 is 0. The summed E-state index contributed by atoms with van der Waals surface area (Å²) in [4.78, 5) is 11.7. The van der Waals surface area contributed by atoms with E-state index in [1.807, 2.05) is 0 Å². The van der Waals surface area contributed by atoms with Gasteiger partial charge in [0.05, 0.1) is 4.92 Å². The van der Waals surface area contributed by atoms with Gasteiger partial charge in [-0.25, -0.2) is 13.1 Å². The summed E-state index contributed by atoms with van der Waals surface area (Å²) in [6.45, 7) is 0.676. The molecule has 0 saturated heterocycles. The van der Waals surface area contributed by atoms with Crippen molar-refractivity contribution in [1.29, 1.82) is 0 Å². The third kappa shape index (κ3) is 4.15. The van der Waals surface area contributed by atoms with Crippen molar-refractivity contribution in [3.63, 3.8) is 0 Å². The van der Waals surface area contributed by atoms with E-state index in [0.29, 0.717) is 12.2 Å². The lowest BCUT2D eigenvalue weighted by molar-refractivity contribution is -0.387. The Labute approximate surface area is 118 Å². The molecule has 1 aromatic carbocycles. The van der Waals surface area contributed by atoms with Crippen molar-refractivity contribution in [1.82, 2.24) is 9.62 Å². The number of benzene rings is 1. The number of rotatable bonds is 7. The van der Waals surface area contributed by atoms with Crippen LogP contribution in [0.25, 0.3) is 0 Å². The van der Waals surface area contributed by atoms with Crippen molar-refractivity contribution < 1.29 is 13.3 Å². The second-order valence-electron chi connectivity index (χ2n) is 4.39. The molecular weight excluding hydrogens is 284 g/mol. The van der Waals surface area contributed by atoms with Crippen LogP contribution in [0.15, 0.2) is 23.1 Å². The molecule has 0 aliphatic rings. The maximum Gasteiger partial charge on any atom is 0.289 e. The first-order valence-electron chi connectivity index (χ1n) is 5.88. The van der Waals surface area contributed by atoms with E-state index in [2.05, 4.69) is 10.0 Å². The lowest BCUT2D eigenvalue weighted by atomic mass is 10.3. The van der Waals surface area contributed by atoms with Gasteiger partial charge in [-0.05, 0) is 26.2 Å². The molecule has 0 amide bonds. The highest BCUT2D eigenvalue weighted by Crippen LogP contribution is 2.26. The van der Waals surface area contributed by atoms with Gasteiger partial charge >= 0.3 is 0 Å². The lowest BCUT2D eigenvalue weighted by Gasteiger charge is -2.11. The Morgan fingerprint density at radius 2 is 2.00 bits per heavy atom. The van der Waals surface area contributed by atoms with Gasteiger partial charge in [-0.3, -0.25) is 10.1 Å². The Morgan fingerprint density at radius 1 is 1.35 bits per heavy atom. The number of nitro benzene ring substituents is 1. The third-order valence-electron chi connectivity index (χ3n) is 2.59. The zero-order chi connectivity index (χ0) is 15.3. The van der Waals surface area contributed by atoms with Gasteiger partial charge in [0, 0.05) is 31.9 Å². The van der Waals surface area contributed by atoms with E-state index in [4.69, 9.17) is 0 Å². The summed E-state index contributed by atoms with van der Waals surface area (Å²) in [6, 6.07) is 3.87.